The lowest BCUT2D eigenvalue weighted by Gasteiger charge is -2.29. The molecule has 0 unspecified atom stereocenters. The quantitative estimate of drug-likeness (QED) is 0.304. The molecule has 2 aromatic carbocycles. The van der Waals surface area contributed by atoms with Crippen LogP contribution in [0.4, 0.5) is 0 Å². The van der Waals surface area contributed by atoms with Crippen LogP contribution in [0.2, 0.25) is 0 Å². The van der Waals surface area contributed by atoms with Crippen LogP contribution in [0.1, 0.15) is 36.9 Å². The SMILES string of the molecule is CCCOc1ccc([C@H]2C(=C(O)c3ccc4c(c3)OCCO4)C(=O)C(=O)N2CCCN2CCOCC2)cc1. The molecule has 2 saturated heterocycles. The highest BCUT2D eigenvalue weighted by Crippen LogP contribution is 2.41. The summed E-state index contributed by atoms with van der Waals surface area (Å²) >= 11 is 0. The molecule has 0 spiro atoms. The van der Waals surface area contributed by atoms with E-state index in [2.05, 4.69) is 4.90 Å². The van der Waals surface area contributed by atoms with Gasteiger partial charge in [-0.05, 0) is 48.7 Å². The van der Waals surface area contributed by atoms with Crippen molar-refractivity contribution >= 4 is 17.4 Å². The minimum Gasteiger partial charge on any atom is -0.507 e. The van der Waals surface area contributed by atoms with Gasteiger partial charge in [0.2, 0.25) is 0 Å². The van der Waals surface area contributed by atoms with E-state index in [-0.39, 0.29) is 11.3 Å². The highest BCUT2D eigenvalue weighted by molar-refractivity contribution is 6.46. The molecular weight excluding hydrogens is 488 g/mol. The summed E-state index contributed by atoms with van der Waals surface area (Å²) in [4.78, 5) is 30.5. The number of amides is 1. The molecule has 0 radical (unpaired) electrons. The maximum atomic E-state index is 13.4. The number of Topliss-reactive ketones (excluding diaryl/α,β-unsaturated/α-hetero) is 1. The summed E-state index contributed by atoms with van der Waals surface area (Å²) < 4.78 is 22.4. The Kier molecular flexibility index (Phi) is 8.14. The smallest absolute Gasteiger partial charge is 0.295 e. The lowest BCUT2D eigenvalue weighted by molar-refractivity contribution is -0.140. The second-order valence-corrected chi connectivity index (χ2v) is 9.58. The zero-order chi connectivity index (χ0) is 26.5. The van der Waals surface area contributed by atoms with Crippen molar-refractivity contribution in [1.82, 2.24) is 9.80 Å². The molecule has 3 aliphatic rings. The number of benzene rings is 2. The summed E-state index contributed by atoms with van der Waals surface area (Å²) in [6, 6.07) is 11.7. The second-order valence-electron chi connectivity index (χ2n) is 9.58. The lowest BCUT2D eigenvalue weighted by Crippen LogP contribution is -2.38. The summed E-state index contributed by atoms with van der Waals surface area (Å²) in [6.45, 7) is 7.78. The largest absolute Gasteiger partial charge is 0.507 e. The normalized spacial score (nSPS) is 21.1. The van der Waals surface area contributed by atoms with Crippen LogP contribution in [0.3, 0.4) is 0 Å². The molecule has 0 aliphatic carbocycles. The van der Waals surface area contributed by atoms with Crippen molar-refractivity contribution in [2.45, 2.75) is 25.8 Å². The molecule has 3 aliphatic heterocycles. The van der Waals surface area contributed by atoms with E-state index >= 15 is 0 Å². The number of likely N-dealkylation sites (tertiary alicyclic amines) is 1. The predicted octanol–water partition coefficient (Wildman–Crippen LogP) is 3.39. The van der Waals surface area contributed by atoms with E-state index in [0.29, 0.717) is 68.8 Å². The lowest BCUT2D eigenvalue weighted by atomic mass is 9.95. The summed E-state index contributed by atoms with van der Waals surface area (Å²) in [5.41, 5.74) is 1.20. The fourth-order valence-electron chi connectivity index (χ4n) is 5.06. The summed E-state index contributed by atoms with van der Waals surface area (Å²) in [5.74, 6) is 0.256. The molecule has 2 aromatic rings. The molecule has 5 rings (SSSR count). The van der Waals surface area contributed by atoms with E-state index in [1.165, 1.54) is 0 Å². The number of ketones is 1. The Morgan fingerprint density at radius 3 is 2.45 bits per heavy atom. The van der Waals surface area contributed by atoms with Gasteiger partial charge in [-0.25, -0.2) is 0 Å². The average Bonchev–Trinajstić information content (AvgIpc) is 3.21. The Morgan fingerprint density at radius 1 is 0.974 bits per heavy atom. The number of morpholine rings is 1. The van der Waals surface area contributed by atoms with Crippen molar-refractivity contribution in [2.24, 2.45) is 0 Å². The first-order valence-corrected chi connectivity index (χ1v) is 13.3. The first kappa shape index (κ1) is 26.1. The second kappa shape index (κ2) is 11.9. The topological polar surface area (TPSA) is 97.8 Å². The number of hydrogen-bond acceptors (Lipinski definition) is 8. The van der Waals surface area contributed by atoms with Gasteiger partial charge in [-0.3, -0.25) is 14.5 Å². The zero-order valence-electron chi connectivity index (χ0n) is 21.7. The van der Waals surface area contributed by atoms with Gasteiger partial charge in [0.1, 0.15) is 24.7 Å². The number of carbonyl (C=O) groups is 2. The van der Waals surface area contributed by atoms with Gasteiger partial charge in [-0.2, -0.15) is 0 Å². The van der Waals surface area contributed by atoms with E-state index in [1.54, 1.807) is 23.1 Å². The Morgan fingerprint density at radius 2 is 1.71 bits per heavy atom. The Hall–Kier alpha value is -3.56. The van der Waals surface area contributed by atoms with Crippen molar-refractivity contribution in [3.05, 3.63) is 59.2 Å². The summed E-state index contributed by atoms with van der Waals surface area (Å²) in [7, 11) is 0. The van der Waals surface area contributed by atoms with Crippen LogP contribution in [0.25, 0.3) is 5.76 Å². The van der Waals surface area contributed by atoms with Crippen LogP contribution in [-0.4, -0.2) is 85.8 Å². The van der Waals surface area contributed by atoms with Gasteiger partial charge in [0.05, 0.1) is 31.4 Å². The Balaban J connectivity index is 1.47. The number of nitrogens with zero attached hydrogens (tertiary/aromatic N) is 2. The fraction of sp³-hybridized carbons (Fsp3) is 0.448. The first-order valence-electron chi connectivity index (χ1n) is 13.3. The number of hydrogen-bond donors (Lipinski definition) is 1. The highest BCUT2D eigenvalue weighted by atomic mass is 16.6. The first-order chi connectivity index (χ1) is 18.6. The molecule has 3 heterocycles. The van der Waals surface area contributed by atoms with Crippen molar-refractivity contribution < 1.29 is 33.6 Å². The zero-order valence-corrected chi connectivity index (χ0v) is 21.7. The molecule has 0 bridgehead atoms. The molecule has 1 amide bonds. The fourth-order valence-corrected chi connectivity index (χ4v) is 5.06. The monoisotopic (exact) mass is 522 g/mol. The summed E-state index contributed by atoms with van der Waals surface area (Å²) in [6.07, 6.45) is 1.59. The highest BCUT2D eigenvalue weighted by Gasteiger charge is 2.46. The molecule has 2 fully saturated rings. The maximum absolute atomic E-state index is 13.4. The molecule has 38 heavy (non-hydrogen) atoms. The maximum Gasteiger partial charge on any atom is 0.295 e. The number of carbonyl (C=O) groups excluding carboxylic acids is 2. The Labute approximate surface area is 222 Å². The average molecular weight is 523 g/mol. The third kappa shape index (κ3) is 5.49. The third-order valence-electron chi connectivity index (χ3n) is 7.00. The minimum absolute atomic E-state index is 0.0697. The van der Waals surface area contributed by atoms with Gasteiger partial charge in [0, 0.05) is 31.7 Å². The molecule has 1 N–H and O–H groups in total. The molecular formula is C29H34N2O7. The molecule has 9 nitrogen and oxygen atoms in total. The number of aliphatic hydroxyl groups excluding tert-OH is 1. The van der Waals surface area contributed by atoms with Gasteiger partial charge in [0.25, 0.3) is 11.7 Å². The van der Waals surface area contributed by atoms with Gasteiger partial charge >= 0.3 is 0 Å². The molecule has 1 atom stereocenters. The standard InChI is InChI=1S/C29H34N2O7/c1-2-14-36-22-7-4-20(5-8-22)26-25(27(32)21-6-9-23-24(19-21)38-18-17-37-23)28(33)29(34)31(26)11-3-10-30-12-15-35-16-13-30/h4-9,19,26,32H,2-3,10-18H2,1H3/t26-/m0/s1. The van der Waals surface area contributed by atoms with Gasteiger partial charge in [-0.15, -0.1) is 0 Å². The number of fused-ring (bicyclic) bond motifs is 1. The Bertz CT molecular complexity index is 1190. The molecule has 0 saturated carbocycles. The molecule has 9 heteroatoms. The predicted molar refractivity (Wildman–Crippen MR) is 141 cm³/mol. The number of ether oxygens (including phenoxy) is 4. The van der Waals surface area contributed by atoms with Crippen molar-refractivity contribution in [3.8, 4) is 17.2 Å². The van der Waals surface area contributed by atoms with E-state index in [4.69, 9.17) is 18.9 Å². The van der Waals surface area contributed by atoms with Crippen LogP contribution < -0.4 is 14.2 Å². The van der Waals surface area contributed by atoms with Gasteiger partial charge in [-0.1, -0.05) is 19.1 Å². The molecule has 202 valence electrons. The molecule has 0 aromatic heterocycles. The third-order valence-corrected chi connectivity index (χ3v) is 7.00. The van der Waals surface area contributed by atoms with E-state index in [0.717, 1.165) is 31.6 Å². The number of rotatable bonds is 9. The van der Waals surface area contributed by atoms with Crippen LogP contribution in [0, 0.1) is 0 Å². The van der Waals surface area contributed by atoms with Gasteiger partial charge in [0.15, 0.2) is 11.5 Å². The van der Waals surface area contributed by atoms with E-state index in [1.807, 2.05) is 31.2 Å². The van der Waals surface area contributed by atoms with Crippen molar-refractivity contribution in [1.29, 1.82) is 0 Å². The van der Waals surface area contributed by atoms with Gasteiger partial charge < -0.3 is 29.0 Å². The van der Waals surface area contributed by atoms with Crippen LogP contribution in [-0.2, 0) is 14.3 Å². The van der Waals surface area contributed by atoms with E-state index in [9.17, 15) is 14.7 Å². The van der Waals surface area contributed by atoms with Crippen LogP contribution in [0.15, 0.2) is 48.0 Å². The van der Waals surface area contributed by atoms with Crippen LogP contribution >= 0.6 is 0 Å². The number of aliphatic hydroxyl groups is 1. The van der Waals surface area contributed by atoms with Crippen molar-refractivity contribution in [3.63, 3.8) is 0 Å². The van der Waals surface area contributed by atoms with E-state index < -0.39 is 17.7 Å². The van der Waals surface area contributed by atoms with Crippen LogP contribution in [0.5, 0.6) is 17.2 Å². The minimum atomic E-state index is -0.715. The van der Waals surface area contributed by atoms with Crippen molar-refractivity contribution in [2.75, 3.05) is 59.2 Å². The summed E-state index contributed by atoms with van der Waals surface area (Å²) in [5, 5.41) is 11.4.